The molecule has 0 radical (unpaired) electrons. The Morgan fingerprint density at radius 3 is 2.76 bits per heavy atom. The Balaban J connectivity index is 1.65. The first-order valence-corrected chi connectivity index (χ1v) is 5.89. The number of ether oxygens (including phenoxy) is 1. The van der Waals surface area contributed by atoms with E-state index < -0.39 is 6.10 Å². The number of amides is 1. The Hall–Kier alpha value is -1.55. The molecule has 1 N–H and O–H groups in total. The number of hydrogen-bond donors (Lipinski definition) is 1. The third-order valence-corrected chi connectivity index (χ3v) is 2.78. The number of nitrogens with zero attached hydrogens (tertiary/aromatic N) is 1. The molecule has 1 unspecified atom stereocenters. The quantitative estimate of drug-likeness (QED) is 0.776. The molecule has 0 saturated carbocycles. The number of likely N-dealkylation sites (tertiary alicyclic amines) is 1. The average Bonchev–Trinajstić information content (AvgIpc) is 2.65. The van der Waals surface area contributed by atoms with Gasteiger partial charge in [-0.25, -0.2) is 0 Å². The topological polar surface area (TPSA) is 49.8 Å². The number of para-hydroxylation sites is 1. The zero-order chi connectivity index (χ0) is 12.1. The van der Waals surface area contributed by atoms with Crippen molar-refractivity contribution in [1.29, 1.82) is 0 Å². The largest absolute Gasteiger partial charge is 0.494 e. The molecule has 0 spiro atoms. The van der Waals surface area contributed by atoms with Gasteiger partial charge in [-0.2, -0.15) is 0 Å². The minimum absolute atomic E-state index is 0.0391. The van der Waals surface area contributed by atoms with Crippen LogP contribution in [0.3, 0.4) is 0 Å². The Labute approximate surface area is 101 Å². The van der Waals surface area contributed by atoms with Crippen LogP contribution in [-0.2, 0) is 4.79 Å². The number of hydrogen-bond acceptors (Lipinski definition) is 3. The molecule has 0 aliphatic carbocycles. The summed E-state index contributed by atoms with van der Waals surface area (Å²) < 4.78 is 5.53. The maximum absolute atomic E-state index is 11.4. The van der Waals surface area contributed by atoms with E-state index >= 15 is 0 Å². The van der Waals surface area contributed by atoms with E-state index in [-0.39, 0.29) is 12.3 Å². The van der Waals surface area contributed by atoms with Crippen LogP contribution in [0.25, 0.3) is 0 Å². The summed E-state index contributed by atoms with van der Waals surface area (Å²) in [5, 5.41) is 9.31. The molecule has 0 bridgehead atoms. The van der Waals surface area contributed by atoms with Crippen molar-refractivity contribution < 1.29 is 14.6 Å². The summed E-state index contributed by atoms with van der Waals surface area (Å²) in [6.07, 6.45) is 0.560. The molecule has 1 heterocycles. The highest BCUT2D eigenvalue weighted by Gasteiger charge is 2.27. The lowest BCUT2D eigenvalue weighted by atomic mass is 10.3. The van der Waals surface area contributed by atoms with Crippen molar-refractivity contribution >= 4 is 5.91 Å². The highest BCUT2D eigenvalue weighted by atomic mass is 16.5. The van der Waals surface area contributed by atoms with Gasteiger partial charge in [-0.1, -0.05) is 18.2 Å². The van der Waals surface area contributed by atoms with Crippen molar-refractivity contribution in [2.24, 2.45) is 0 Å². The molecule has 2 rings (SSSR count). The molecule has 1 aliphatic rings. The highest BCUT2D eigenvalue weighted by Crippen LogP contribution is 2.12. The normalized spacial score (nSPS) is 19.7. The fraction of sp³-hybridized carbons (Fsp3) is 0.462. The second kappa shape index (κ2) is 5.68. The Morgan fingerprint density at radius 2 is 2.12 bits per heavy atom. The van der Waals surface area contributed by atoms with E-state index in [0.717, 1.165) is 12.2 Å². The van der Waals surface area contributed by atoms with E-state index in [9.17, 15) is 9.90 Å². The molecule has 17 heavy (non-hydrogen) atoms. The van der Waals surface area contributed by atoms with Gasteiger partial charge in [0.25, 0.3) is 0 Å². The molecule has 92 valence electrons. The minimum atomic E-state index is -0.488. The SMILES string of the molecule is O=C1CC(O)CN1CCCOc1ccccc1. The van der Waals surface area contributed by atoms with Crippen LogP contribution in [0.5, 0.6) is 5.75 Å². The highest BCUT2D eigenvalue weighted by molar-refractivity contribution is 5.78. The lowest BCUT2D eigenvalue weighted by Crippen LogP contribution is -2.27. The lowest BCUT2D eigenvalue weighted by Gasteiger charge is -2.15. The molecule has 4 heteroatoms. The Kier molecular flexibility index (Phi) is 3.98. The van der Waals surface area contributed by atoms with Crippen LogP contribution in [-0.4, -0.2) is 41.7 Å². The molecule has 1 aliphatic heterocycles. The number of benzene rings is 1. The molecule has 1 amide bonds. The molecular weight excluding hydrogens is 218 g/mol. The second-order valence-electron chi connectivity index (χ2n) is 4.21. The van der Waals surface area contributed by atoms with Crippen molar-refractivity contribution in [2.45, 2.75) is 18.9 Å². The van der Waals surface area contributed by atoms with Crippen LogP contribution < -0.4 is 4.74 Å². The van der Waals surface area contributed by atoms with Crippen molar-refractivity contribution in [3.63, 3.8) is 0 Å². The van der Waals surface area contributed by atoms with Crippen molar-refractivity contribution in [3.05, 3.63) is 30.3 Å². The van der Waals surface area contributed by atoms with Crippen LogP contribution >= 0.6 is 0 Å². The average molecular weight is 235 g/mol. The van der Waals surface area contributed by atoms with Crippen LogP contribution in [0.2, 0.25) is 0 Å². The van der Waals surface area contributed by atoms with E-state index in [1.54, 1.807) is 4.90 Å². The summed E-state index contributed by atoms with van der Waals surface area (Å²) in [4.78, 5) is 13.1. The van der Waals surface area contributed by atoms with Crippen molar-refractivity contribution in [2.75, 3.05) is 19.7 Å². The zero-order valence-electron chi connectivity index (χ0n) is 9.71. The van der Waals surface area contributed by atoms with Crippen molar-refractivity contribution in [3.8, 4) is 5.75 Å². The Bertz CT molecular complexity index is 366. The Morgan fingerprint density at radius 1 is 1.35 bits per heavy atom. The van der Waals surface area contributed by atoms with Gasteiger partial charge in [0.15, 0.2) is 0 Å². The lowest BCUT2D eigenvalue weighted by molar-refractivity contribution is -0.127. The van der Waals surface area contributed by atoms with E-state index in [0.29, 0.717) is 19.7 Å². The van der Waals surface area contributed by atoms with E-state index in [4.69, 9.17) is 4.74 Å². The second-order valence-corrected chi connectivity index (χ2v) is 4.21. The molecular formula is C13H17NO3. The summed E-state index contributed by atoms with van der Waals surface area (Å²) >= 11 is 0. The van der Waals surface area contributed by atoms with Gasteiger partial charge in [-0.05, 0) is 18.6 Å². The number of aliphatic hydroxyl groups excluding tert-OH is 1. The smallest absolute Gasteiger partial charge is 0.225 e. The van der Waals surface area contributed by atoms with Gasteiger partial charge in [-0.15, -0.1) is 0 Å². The zero-order valence-corrected chi connectivity index (χ0v) is 9.71. The number of β-amino-alcohol motifs (C(OH)–C–C–N with tert-alkyl or cyclic N) is 1. The monoisotopic (exact) mass is 235 g/mol. The van der Waals surface area contributed by atoms with Crippen LogP contribution in [0.15, 0.2) is 30.3 Å². The summed E-state index contributed by atoms with van der Waals surface area (Å²) in [7, 11) is 0. The maximum Gasteiger partial charge on any atom is 0.225 e. The third-order valence-electron chi connectivity index (χ3n) is 2.78. The van der Waals surface area contributed by atoms with Gasteiger partial charge in [0.05, 0.1) is 19.1 Å². The van der Waals surface area contributed by atoms with Gasteiger partial charge in [0, 0.05) is 13.1 Å². The molecule has 1 aromatic rings. The van der Waals surface area contributed by atoms with Crippen LogP contribution in [0, 0.1) is 0 Å². The molecule has 1 aromatic carbocycles. The molecule has 1 atom stereocenters. The number of carbonyl (C=O) groups is 1. The molecule has 0 aromatic heterocycles. The molecule has 4 nitrogen and oxygen atoms in total. The van der Waals surface area contributed by atoms with Gasteiger partial charge in [0.2, 0.25) is 5.91 Å². The van der Waals surface area contributed by atoms with Gasteiger partial charge in [-0.3, -0.25) is 4.79 Å². The van der Waals surface area contributed by atoms with Gasteiger partial charge in [0.1, 0.15) is 5.75 Å². The fourth-order valence-corrected chi connectivity index (χ4v) is 1.93. The predicted octanol–water partition coefficient (Wildman–Crippen LogP) is 1.05. The summed E-state index contributed by atoms with van der Waals surface area (Å²) in [6, 6.07) is 9.61. The predicted molar refractivity (Wildman–Crippen MR) is 63.8 cm³/mol. The first-order valence-electron chi connectivity index (χ1n) is 5.89. The van der Waals surface area contributed by atoms with E-state index in [2.05, 4.69) is 0 Å². The van der Waals surface area contributed by atoms with E-state index in [1.165, 1.54) is 0 Å². The molecule has 1 saturated heterocycles. The summed E-state index contributed by atoms with van der Waals surface area (Å²) in [5.74, 6) is 0.887. The van der Waals surface area contributed by atoms with Gasteiger partial charge >= 0.3 is 0 Å². The first-order chi connectivity index (χ1) is 8.25. The number of aliphatic hydroxyl groups is 1. The summed E-state index contributed by atoms with van der Waals surface area (Å²) in [6.45, 7) is 1.71. The van der Waals surface area contributed by atoms with Crippen molar-refractivity contribution in [1.82, 2.24) is 4.90 Å². The van der Waals surface area contributed by atoms with Gasteiger partial charge < -0.3 is 14.7 Å². The van der Waals surface area contributed by atoms with Crippen LogP contribution in [0.1, 0.15) is 12.8 Å². The fourth-order valence-electron chi connectivity index (χ4n) is 1.93. The maximum atomic E-state index is 11.4. The van der Waals surface area contributed by atoms with E-state index in [1.807, 2.05) is 30.3 Å². The number of carbonyl (C=O) groups excluding carboxylic acids is 1. The first kappa shape index (κ1) is 11.9. The summed E-state index contributed by atoms with van der Waals surface area (Å²) in [5.41, 5.74) is 0. The third kappa shape index (κ3) is 3.46. The standard InChI is InChI=1S/C13H17NO3/c15-11-9-13(16)14(10-11)7-4-8-17-12-5-2-1-3-6-12/h1-3,5-6,11,15H,4,7-10H2. The molecule has 1 fully saturated rings. The number of rotatable bonds is 5. The van der Waals surface area contributed by atoms with Crippen LogP contribution in [0.4, 0.5) is 0 Å². The minimum Gasteiger partial charge on any atom is -0.494 e.